The average Bonchev–Trinajstić information content (AvgIpc) is 3.51. The Morgan fingerprint density at radius 2 is 1.89 bits per heavy atom. The number of fused-ring (bicyclic) bond motifs is 1. The minimum atomic E-state index is -0.920. The van der Waals surface area contributed by atoms with Gasteiger partial charge >= 0.3 is 5.97 Å². The first-order chi connectivity index (χ1) is 21.7. The molecule has 4 rings (SSSR count). The van der Waals surface area contributed by atoms with E-state index >= 15 is 0 Å². The molecule has 0 radical (unpaired) electrons. The van der Waals surface area contributed by atoms with Crippen LogP contribution in [0.3, 0.4) is 0 Å². The molecule has 3 aromatic rings. The second-order valence-electron chi connectivity index (χ2n) is 10.8. The quantitative estimate of drug-likeness (QED) is 0.240. The molecule has 4 N–H and O–H groups in total. The molecule has 0 aliphatic carbocycles. The highest BCUT2D eigenvalue weighted by molar-refractivity contribution is 7.13. The van der Waals surface area contributed by atoms with Gasteiger partial charge in [0, 0.05) is 42.3 Å². The van der Waals surface area contributed by atoms with Gasteiger partial charge in [-0.1, -0.05) is 24.3 Å². The zero-order valence-electron chi connectivity index (χ0n) is 25.2. The van der Waals surface area contributed by atoms with Crippen LogP contribution in [0.5, 0.6) is 17.2 Å². The number of anilines is 1. The number of methoxy groups -OCH3 is 1. The van der Waals surface area contributed by atoms with Crippen molar-refractivity contribution >= 4 is 46.1 Å². The third-order valence-electron chi connectivity index (χ3n) is 7.43. The van der Waals surface area contributed by atoms with Crippen LogP contribution >= 0.6 is 11.3 Å². The summed E-state index contributed by atoms with van der Waals surface area (Å²) in [5.41, 5.74) is 0.615. The van der Waals surface area contributed by atoms with Gasteiger partial charge in [0.25, 0.3) is 0 Å². The van der Waals surface area contributed by atoms with Crippen LogP contribution < -0.4 is 15.4 Å². The van der Waals surface area contributed by atoms with Crippen LogP contribution in [0.4, 0.5) is 5.13 Å². The van der Waals surface area contributed by atoms with E-state index in [0.29, 0.717) is 55.0 Å². The molecule has 12 heteroatoms. The van der Waals surface area contributed by atoms with Crippen LogP contribution in [-0.2, 0) is 19.1 Å². The molecule has 0 spiro atoms. The van der Waals surface area contributed by atoms with Crippen LogP contribution in [0.25, 0.3) is 6.08 Å². The van der Waals surface area contributed by atoms with E-state index in [4.69, 9.17) is 9.47 Å². The summed E-state index contributed by atoms with van der Waals surface area (Å²) in [6.07, 6.45) is 7.22. The maximum Gasteiger partial charge on any atom is 0.342 e. The molecule has 2 atom stereocenters. The fraction of sp³-hybridized carbons (Fsp3) is 0.364. The van der Waals surface area contributed by atoms with Gasteiger partial charge in [-0.05, 0) is 61.9 Å². The van der Waals surface area contributed by atoms with Gasteiger partial charge < -0.3 is 30.3 Å². The first-order valence-corrected chi connectivity index (χ1v) is 15.6. The summed E-state index contributed by atoms with van der Waals surface area (Å²) >= 11 is 1.24. The van der Waals surface area contributed by atoms with Gasteiger partial charge in [-0.15, -0.1) is 11.3 Å². The topological polar surface area (TPSA) is 164 Å². The number of cyclic esters (lactones) is 1. The molecule has 2 unspecified atom stereocenters. The second-order valence-corrected chi connectivity index (χ2v) is 11.7. The number of phenolic OH excluding ortho intramolecular Hbond substituents is 2. The molecule has 0 fully saturated rings. The number of phenols is 2. The third kappa shape index (κ3) is 9.15. The number of thiazole rings is 1. The molecule has 2 heterocycles. The van der Waals surface area contributed by atoms with Gasteiger partial charge in [0.15, 0.2) is 5.13 Å². The number of Topliss-reactive ketones (excluding diaryl/α,β-unsaturated/α-hetero) is 1. The Bertz CT molecular complexity index is 1540. The van der Waals surface area contributed by atoms with Gasteiger partial charge in [-0.2, -0.15) is 0 Å². The van der Waals surface area contributed by atoms with Gasteiger partial charge in [-0.25, -0.2) is 9.78 Å². The number of aromatic hydroxyl groups is 2. The van der Waals surface area contributed by atoms with Crippen molar-refractivity contribution in [2.24, 2.45) is 0 Å². The summed E-state index contributed by atoms with van der Waals surface area (Å²) in [5.74, 6) is -2.83. The number of carbonyl (C=O) groups is 4. The van der Waals surface area contributed by atoms with E-state index in [0.717, 1.165) is 0 Å². The monoisotopic (exact) mass is 635 g/mol. The minimum Gasteiger partial charge on any atom is -0.507 e. The molecule has 1 aliphatic heterocycles. The van der Waals surface area contributed by atoms with Crippen molar-refractivity contribution in [2.75, 3.05) is 19.0 Å². The maximum atomic E-state index is 13.5. The highest BCUT2D eigenvalue weighted by Gasteiger charge is 2.31. The Kier molecular flexibility index (Phi) is 11.7. The lowest BCUT2D eigenvalue weighted by Crippen LogP contribution is -2.33. The SMILES string of the molecule is COc1ccc(C(CC(=O)NCC(=O)Nc2nccs2)c2c(O)cc3c(c2O)C(=O)OC(C)CCCC(=O)CCCC=C3)cc1. The van der Waals surface area contributed by atoms with E-state index in [1.54, 1.807) is 54.9 Å². The summed E-state index contributed by atoms with van der Waals surface area (Å²) in [4.78, 5) is 55.1. The van der Waals surface area contributed by atoms with Gasteiger partial charge in [-0.3, -0.25) is 14.4 Å². The number of nitrogens with one attached hydrogen (secondary N) is 2. The van der Waals surface area contributed by atoms with Crippen molar-refractivity contribution in [3.05, 3.63) is 70.2 Å². The summed E-state index contributed by atoms with van der Waals surface area (Å²) < 4.78 is 10.9. The number of allylic oxidation sites excluding steroid dienone is 1. The fourth-order valence-electron chi connectivity index (χ4n) is 5.13. The molecule has 1 aromatic heterocycles. The number of amides is 2. The van der Waals surface area contributed by atoms with E-state index in [-0.39, 0.29) is 41.2 Å². The van der Waals surface area contributed by atoms with Crippen molar-refractivity contribution in [1.82, 2.24) is 10.3 Å². The first-order valence-electron chi connectivity index (χ1n) is 14.7. The molecule has 2 amide bonds. The van der Waals surface area contributed by atoms with Crippen molar-refractivity contribution < 1.29 is 38.9 Å². The minimum absolute atomic E-state index is 0.0361. The zero-order valence-corrected chi connectivity index (χ0v) is 26.0. The summed E-state index contributed by atoms with van der Waals surface area (Å²) in [6, 6.07) is 8.10. The smallest absolute Gasteiger partial charge is 0.342 e. The highest BCUT2D eigenvalue weighted by Crippen LogP contribution is 2.44. The normalized spacial score (nSPS) is 16.5. The van der Waals surface area contributed by atoms with Crippen LogP contribution in [0, 0.1) is 0 Å². The number of esters is 1. The molecule has 1 aliphatic rings. The highest BCUT2D eigenvalue weighted by atomic mass is 32.1. The zero-order chi connectivity index (χ0) is 32.3. The van der Waals surface area contributed by atoms with Crippen molar-refractivity contribution in [3.8, 4) is 17.2 Å². The fourth-order valence-corrected chi connectivity index (χ4v) is 5.67. The lowest BCUT2D eigenvalue weighted by atomic mass is 9.84. The second kappa shape index (κ2) is 15.8. The lowest BCUT2D eigenvalue weighted by Gasteiger charge is -2.23. The van der Waals surface area contributed by atoms with Crippen LogP contribution in [0.1, 0.15) is 84.8 Å². The first kappa shape index (κ1) is 33.2. The molecule has 45 heavy (non-hydrogen) atoms. The number of rotatable bonds is 8. The van der Waals surface area contributed by atoms with E-state index in [1.807, 2.05) is 0 Å². The number of hydrogen-bond acceptors (Lipinski definition) is 10. The Hall–Kier alpha value is -4.71. The lowest BCUT2D eigenvalue weighted by molar-refractivity contribution is -0.124. The predicted molar refractivity (Wildman–Crippen MR) is 170 cm³/mol. The van der Waals surface area contributed by atoms with Gasteiger partial charge in [0.2, 0.25) is 11.8 Å². The molecule has 11 nitrogen and oxygen atoms in total. The molecule has 0 saturated carbocycles. The Labute approximate surface area is 265 Å². The number of nitrogens with zero attached hydrogens (tertiary/aromatic N) is 1. The molecule has 0 bridgehead atoms. The average molecular weight is 636 g/mol. The number of ketones is 1. The van der Waals surface area contributed by atoms with Crippen LogP contribution in [0.15, 0.2) is 48.0 Å². The Morgan fingerprint density at radius 1 is 1.13 bits per heavy atom. The molecular weight excluding hydrogens is 598 g/mol. The van der Waals surface area contributed by atoms with Crippen LogP contribution in [0.2, 0.25) is 0 Å². The molecular formula is C33H37N3O8S. The van der Waals surface area contributed by atoms with E-state index in [1.165, 1.54) is 24.5 Å². The van der Waals surface area contributed by atoms with Crippen molar-refractivity contribution in [3.63, 3.8) is 0 Å². The number of ether oxygens (including phenoxy) is 2. The maximum absolute atomic E-state index is 13.5. The van der Waals surface area contributed by atoms with Crippen LogP contribution in [-0.4, -0.2) is 58.5 Å². The van der Waals surface area contributed by atoms with E-state index < -0.39 is 35.6 Å². The number of benzene rings is 2. The number of carbonyl (C=O) groups excluding carboxylic acids is 4. The summed E-state index contributed by atoms with van der Waals surface area (Å²) in [7, 11) is 1.51. The largest absolute Gasteiger partial charge is 0.507 e. The molecule has 0 saturated heterocycles. The van der Waals surface area contributed by atoms with Gasteiger partial charge in [0.1, 0.15) is 28.6 Å². The molecule has 238 valence electrons. The standard InChI is InChI=1S/C33H37N3O8S/c1-20-7-6-10-23(37)9-5-3-4-8-22-17-26(38)30(31(41)29(22)32(42)44-20)25(21-11-13-24(43-2)14-12-21)18-27(39)35-19-28(40)36-33-34-15-16-45-33/h4,8,11-17,20,25,38,41H,3,5-7,9-10,18-19H2,1-2H3,(H,35,39)(H,34,36,40). The van der Waals surface area contributed by atoms with Crippen molar-refractivity contribution in [2.45, 2.75) is 63.9 Å². The number of aromatic nitrogens is 1. The molecule has 2 aromatic carbocycles. The van der Waals surface area contributed by atoms with Gasteiger partial charge in [0.05, 0.1) is 19.8 Å². The number of hydrogen-bond donors (Lipinski definition) is 4. The Balaban J connectivity index is 1.69. The summed E-state index contributed by atoms with van der Waals surface area (Å²) in [5, 5.41) is 30.2. The predicted octanol–water partition coefficient (Wildman–Crippen LogP) is 5.32. The Morgan fingerprint density at radius 3 is 2.60 bits per heavy atom. The third-order valence-corrected chi connectivity index (χ3v) is 8.12. The van der Waals surface area contributed by atoms with Crippen molar-refractivity contribution in [1.29, 1.82) is 0 Å². The van der Waals surface area contributed by atoms with E-state index in [9.17, 15) is 29.4 Å². The van der Waals surface area contributed by atoms with E-state index in [2.05, 4.69) is 15.6 Å². The summed E-state index contributed by atoms with van der Waals surface area (Å²) in [6.45, 7) is 1.40.